The summed E-state index contributed by atoms with van der Waals surface area (Å²) in [5.41, 5.74) is 8.88. The normalized spacial score (nSPS) is 11.9. The van der Waals surface area contributed by atoms with Gasteiger partial charge in [-0.1, -0.05) is 0 Å². The van der Waals surface area contributed by atoms with E-state index in [2.05, 4.69) is 176 Å². The maximum atomic E-state index is 6.33. The Morgan fingerprint density at radius 2 is 0.736 bits per heavy atom. The summed E-state index contributed by atoms with van der Waals surface area (Å²) < 4.78 is 9.20. The molecule has 0 fully saturated rings. The molecule has 9 aromatic carbocycles. The van der Waals surface area contributed by atoms with E-state index in [4.69, 9.17) is 4.42 Å². The van der Waals surface area contributed by atoms with Gasteiger partial charge in [-0.3, -0.25) is 0 Å². The Morgan fingerprint density at radius 3 is 1.15 bits per heavy atom. The number of furan rings is 1. The Morgan fingerprint density at radius 1 is 0.340 bits per heavy atom. The molecule has 0 spiro atoms. The molecule has 2 heteroatoms. The molecule has 0 saturated carbocycles. The van der Waals surface area contributed by atoms with Crippen LogP contribution in [0.2, 0.25) is 0 Å². The van der Waals surface area contributed by atoms with E-state index in [9.17, 15) is 0 Å². The van der Waals surface area contributed by atoms with Gasteiger partial charge in [0.25, 0.3) is 0 Å². The fraction of sp³-hybridized carbons (Fsp3) is 0.0196. The zero-order valence-electron chi connectivity index (χ0n) is 29.1. The molecular formula is C51H32OSe. The first-order chi connectivity index (χ1) is 26.2. The monoisotopic (exact) mass is 740 g/mol. The number of hydrogen-bond donors (Lipinski definition) is 0. The molecule has 0 atom stereocenters. The standard InChI is InChI=1S/C51H32OSe/c1-31-29-30-43(52-31)49-39-23-11-9-21-37(39)48(38-22-10-12-24-40(38)49)42-26-14-28-45-51(42)50-41(25-13-27-44(50)53-45)47-35-19-7-5-17-33(35)46(32-15-3-2-4-16-32)34-18-6-8-20-36(34)47/h2-30H,1H3. The summed E-state index contributed by atoms with van der Waals surface area (Å²) in [7, 11) is 0. The van der Waals surface area contributed by atoms with Crippen LogP contribution in [0.3, 0.4) is 0 Å². The fourth-order valence-electron chi connectivity index (χ4n) is 8.87. The topological polar surface area (TPSA) is 13.1 Å². The van der Waals surface area contributed by atoms with Gasteiger partial charge in [0.05, 0.1) is 0 Å². The van der Waals surface area contributed by atoms with Gasteiger partial charge in [-0.25, -0.2) is 0 Å². The average Bonchev–Trinajstić information content (AvgIpc) is 3.82. The number of rotatable bonds is 4. The summed E-state index contributed by atoms with van der Waals surface area (Å²) in [5, 5.41) is 12.8. The molecule has 0 N–H and O–H groups in total. The molecule has 0 saturated heterocycles. The fourth-order valence-corrected chi connectivity index (χ4v) is 11.3. The van der Waals surface area contributed by atoms with Crippen LogP contribution in [0, 0.1) is 6.92 Å². The van der Waals surface area contributed by atoms with E-state index in [1.54, 1.807) is 0 Å². The number of fused-ring (bicyclic) bond motifs is 7. The SMILES string of the molecule is Cc1ccc(-c2c3ccccc3c(-c3cccc4[se]c5cccc(-c6c7ccccc7c(-c7ccccc7)c7ccccc67)c5c34)c3ccccc23)o1. The van der Waals surface area contributed by atoms with E-state index in [1.807, 2.05) is 6.92 Å². The minimum absolute atomic E-state index is 0.170. The third-order valence-electron chi connectivity index (χ3n) is 11.0. The summed E-state index contributed by atoms with van der Waals surface area (Å²) >= 11 is 0.170. The van der Waals surface area contributed by atoms with Crippen molar-refractivity contribution in [3.8, 4) is 44.7 Å². The van der Waals surface area contributed by atoms with Gasteiger partial charge in [0.1, 0.15) is 0 Å². The molecule has 0 aliphatic carbocycles. The van der Waals surface area contributed by atoms with E-state index < -0.39 is 0 Å². The average molecular weight is 740 g/mol. The van der Waals surface area contributed by atoms with Gasteiger partial charge in [0, 0.05) is 0 Å². The summed E-state index contributed by atoms with van der Waals surface area (Å²) in [4.78, 5) is 0. The Balaban J connectivity index is 1.29. The molecule has 11 aromatic rings. The third-order valence-corrected chi connectivity index (χ3v) is 13.3. The summed E-state index contributed by atoms with van der Waals surface area (Å²) in [6.07, 6.45) is 0. The van der Waals surface area contributed by atoms with Crippen LogP contribution in [0.4, 0.5) is 0 Å². The molecule has 248 valence electrons. The molecular weight excluding hydrogens is 708 g/mol. The maximum absolute atomic E-state index is 6.33. The van der Waals surface area contributed by atoms with E-state index >= 15 is 0 Å². The van der Waals surface area contributed by atoms with Crippen molar-refractivity contribution in [3.05, 3.63) is 182 Å². The van der Waals surface area contributed by atoms with Crippen LogP contribution in [0.15, 0.2) is 180 Å². The van der Waals surface area contributed by atoms with Crippen molar-refractivity contribution in [1.29, 1.82) is 0 Å². The number of benzene rings is 9. The van der Waals surface area contributed by atoms with E-state index in [0.717, 1.165) is 17.1 Å². The van der Waals surface area contributed by atoms with Crippen LogP contribution >= 0.6 is 0 Å². The van der Waals surface area contributed by atoms with Crippen LogP contribution in [0.5, 0.6) is 0 Å². The van der Waals surface area contributed by atoms with Gasteiger partial charge in [-0.2, -0.15) is 0 Å². The van der Waals surface area contributed by atoms with Crippen LogP contribution in [0.25, 0.3) is 107 Å². The third kappa shape index (κ3) is 4.57. The van der Waals surface area contributed by atoms with Crippen molar-refractivity contribution in [2.75, 3.05) is 0 Å². The first kappa shape index (κ1) is 30.4. The van der Waals surface area contributed by atoms with E-state index in [1.165, 1.54) is 95.8 Å². The van der Waals surface area contributed by atoms with Crippen LogP contribution in [-0.2, 0) is 0 Å². The molecule has 1 nitrogen and oxygen atoms in total. The first-order valence-electron chi connectivity index (χ1n) is 18.2. The Hall–Kier alpha value is -6.18. The van der Waals surface area contributed by atoms with Crippen molar-refractivity contribution in [3.63, 3.8) is 0 Å². The second-order valence-corrected chi connectivity index (χ2v) is 16.2. The second kappa shape index (κ2) is 11.9. The van der Waals surface area contributed by atoms with Crippen molar-refractivity contribution in [2.24, 2.45) is 0 Å². The molecule has 0 bridgehead atoms. The Kier molecular flexibility index (Phi) is 6.86. The first-order valence-corrected chi connectivity index (χ1v) is 19.9. The van der Waals surface area contributed by atoms with Crippen molar-refractivity contribution >= 4 is 76.9 Å². The van der Waals surface area contributed by atoms with E-state index in [-0.39, 0.29) is 14.5 Å². The number of hydrogen-bond acceptors (Lipinski definition) is 1. The zero-order valence-corrected chi connectivity index (χ0v) is 30.8. The predicted octanol–water partition coefficient (Wildman–Crippen LogP) is 14.2. The molecule has 2 aromatic heterocycles. The Labute approximate surface area is 313 Å². The quantitative estimate of drug-likeness (QED) is 0.129. The van der Waals surface area contributed by atoms with Crippen LogP contribution < -0.4 is 0 Å². The number of aryl methyl sites for hydroxylation is 1. The summed E-state index contributed by atoms with van der Waals surface area (Å²) in [5.74, 6) is 1.83. The van der Waals surface area contributed by atoms with Crippen molar-refractivity contribution < 1.29 is 4.42 Å². The molecule has 0 radical (unpaired) electrons. The molecule has 0 aliphatic rings. The van der Waals surface area contributed by atoms with Crippen LogP contribution in [-0.4, -0.2) is 14.5 Å². The molecule has 2 heterocycles. The van der Waals surface area contributed by atoms with E-state index in [0.29, 0.717) is 0 Å². The predicted molar refractivity (Wildman–Crippen MR) is 227 cm³/mol. The molecule has 0 aliphatic heterocycles. The second-order valence-electron chi connectivity index (χ2n) is 13.9. The molecule has 0 amide bonds. The zero-order chi connectivity index (χ0) is 35.0. The summed E-state index contributed by atoms with van der Waals surface area (Å²) in [6, 6.07) is 64.9. The van der Waals surface area contributed by atoms with Gasteiger partial charge in [0.15, 0.2) is 0 Å². The van der Waals surface area contributed by atoms with Crippen molar-refractivity contribution in [2.45, 2.75) is 6.92 Å². The molecule has 0 unspecified atom stereocenters. The van der Waals surface area contributed by atoms with Gasteiger partial charge >= 0.3 is 315 Å². The van der Waals surface area contributed by atoms with Crippen LogP contribution in [0.1, 0.15) is 5.76 Å². The van der Waals surface area contributed by atoms with Gasteiger partial charge in [-0.15, -0.1) is 0 Å². The Bertz CT molecular complexity index is 3120. The summed E-state index contributed by atoms with van der Waals surface area (Å²) in [6.45, 7) is 2.02. The molecule has 11 rings (SSSR count). The van der Waals surface area contributed by atoms with Gasteiger partial charge in [-0.05, 0) is 0 Å². The van der Waals surface area contributed by atoms with Gasteiger partial charge in [0.2, 0.25) is 0 Å². The molecule has 53 heavy (non-hydrogen) atoms. The van der Waals surface area contributed by atoms with Crippen molar-refractivity contribution in [1.82, 2.24) is 0 Å². The van der Waals surface area contributed by atoms with Gasteiger partial charge < -0.3 is 0 Å². The minimum atomic E-state index is 0.170.